The Morgan fingerprint density at radius 2 is 1.71 bits per heavy atom. The number of sulfonamides is 1. The minimum atomic E-state index is -3.84. The molecule has 2 aromatic rings. The second kappa shape index (κ2) is 8.33. The van der Waals surface area contributed by atoms with Crippen LogP contribution in [0.25, 0.3) is 0 Å². The minimum Gasteiger partial charge on any atom is -0.322 e. The maximum absolute atomic E-state index is 13.3. The number of carbonyl (C=O) groups excluding carboxylic acids is 1. The van der Waals surface area contributed by atoms with Gasteiger partial charge in [0, 0.05) is 45.2 Å². The van der Waals surface area contributed by atoms with Gasteiger partial charge in [-0.3, -0.25) is 4.79 Å². The van der Waals surface area contributed by atoms with Crippen LogP contribution in [0.2, 0.25) is 0 Å². The van der Waals surface area contributed by atoms with E-state index in [0.29, 0.717) is 11.3 Å². The smallest absolute Gasteiger partial charge is 0.255 e. The normalized spacial score (nSPS) is 17.3. The maximum atomic E-state index is 13.3. The van der Waals surface area contributed by atoms with Gasteiger partial charge in [0.15, 0.2) is 0 Å². The van der Waals surface area contributed by atoms with Gasteiger partial charge in [0.1, 0.15) is 0 Å². The Labute approximate surface area is 183 Å². The highest BCUT2D eigenvalue weighted by Crippen LogP contribution is 2.31. The highest BCUT2D eigenvalue weighted by atomic mass is 127. The van der Waals surface area contributed by atoms with E-state index in [1.807, 2.05) is 0 Å². The van der Waals surface area contributed by atoms with E-state index in [9.17, 15) is 22.0 Å². The van der Waals surface area contributed by atoms with Gasteiger partial charge in [0.25, 0.3) is 11.8 Å². The second-order valence-corrected chi connectivity index (χ2v) is 10.3. The summed E-state index contributed by atoms with van der Waals surface area (Å²) in [6.45, 7) is -0.425. The van der Waals surface area contributed by atoms with E-state index in [2.05, 4.69) is 43.8 Å². The molecule has 0 atom stereocenters. The van der Waals surface area contributed by atoms with Crippen molar-refractivity contribution in [3.63, 3.8) is 0 Å². The average Bonchev–Trinajstić information content (AvgIpc) is 2.64. The van der Waals surface area contributed by atoms with Crippen molar-refractivity contribution < 1.29 is 22.0 Å². The summed E-state index contributed by atoms with van der Waals surface area (Å²) in [7, 11) is -3.84. The molecule has 0 aromatic heterocycles. The lowest BCUT2D eigenvalue weighted by Crippen LogP contribution is -2.42. The van der Waals surface area contributed by atoms with Crippen LogP contribution in [0, 0.1) is 3.57 Å². The van der Waals surface area contributed by atoms with Crippen LogP contribution in [0.4, 0.5) is 14.5 Å². The van der Waals surface area contributed by atoms with Crippen LogP contribution in [-0.2, 0) is 10.0 Å². The number of hydrogen-bond donors (Lipinski definition) is 1. The molecule has 0 radical (unpaired) electrons. The molecular weight excluding hydrogens is 569 g/mol. The van der Waals surface area contributed by atoms with Crippen molar-refractivity contribution >= 4 is 60.1 Å². The van der Waals surface area contributed by atoms with E-state index in [1.54, 1.807) is 18.2 Å². The Hall–Kier alpha value is -1.11. The third-order valence-electron chi connectivity index (χ3n) is 4.39. The van der Waals surface area contributed by atoms with E-state index in [1.165, 1.54) is 24.3 Å². The number of carbonyl (C=O) groups is 1. The topological polar surface area (TPSA) is 66.5 Å². The molecule has 1 amide bonds. The molecule has 1 aliphatic rings. The lowest BCUT2D eigenvalue weighted by molar-refractivity contribution is -0.0412. The van der Waals surface area contributed by atoms with Crippen LogP contribution >= 0.6 is 38.5 Å². The quantitative estimate of drug-likeness (QED) is 0.529. The summed E-state index contributed by atoms with van der Waals surface area (Å²) >= 11 is 5.47. The van der Waals surface area contributed by atoms with E-state index >= 15 is 0 Å². The summed E-state index contributed by atoms with van der Waals surface area (Å²) in [6, 6.07) is 10.9. The van der Waals surface area contributed by atoms with Gasteiger partial charge >= 0.3 is 0 Å². The zero-order valence-electron chi connectivity index (χ0n) is 14.5. The van der Waals surface area contributed by atoms with E-state index in [-0.39, 0.29) is 23.9 Å². The van der Waals surface area contributed by atoms with Gasteiger partial charge < -0.3 is 5.32 Å². The Bertz CT molecular complexity index is 990. The number of amides is 1. The molecule has 1 aliphatic heterocycles. The number of alkyl halides is 2. The number of anilines is 1. The summed E-state index contributed by atoms with van der Waals surface area (Å²) in [6.07, 6.45) is -0.960. The van der Waals surface area contributed by atoms with Crippen LogP contribution in [0.3, 0.4) is 0 Å². The summed E-state index contributed by atoms with van der Waals surface area (Å²) in [5.41, 5.74) is 0.908. The predicted molar refractivity (Wildman–Crippen MR) is 114 cm³/mol. The number of hydrogen-bond acceptors (Lipinski definition) is 3. The Morgan fingerprint density at radius 1 is 1.11 bits per heavy atom. The molecule has 5 nitrogen and oxygen atoms in total. The van der Waals surface area contributed by atoms with Crippen molar-refractivity contribution in [2.24, 2.45) is 0 Å². The van der Waals surface area contributed by atoms with Crippen molar-refractivity contribution in [2.45, 2.75) is 23.7 Å². The summed E-state index contributed by atoms with van der Waals surface area (Å²) < 4.78 is 54.6. The number of nitrogens with one attached hydrogen (secondary N) is 1. The molecule has 3 rings (SSSR count). The SMILES string of the molecule is O=C(Nc1ccc(S(=O)(=O)N2CCC(F)(F)CC2)cc1)c1ccc(Br)c(I)c1. The summed E-state index contributed by atoms with van der Waals surface area (Å²) in [4.78, 5) is 12.3. The first-order valence-electron chi connectivity index (χ1n) is 8.33. The van der Waals surface area contributed by atoms with Crippen LogP contribution in [0.1, 0.15) is 23.2 Å². The van der Waals surface area contributed by atoms with Crippen molar-refractivity contribution in [1.82, 2.24) is 4.31 Å². The first-order chi connectivity index (χ1) is 13.1. The average molecular weight is 585 g/mol. The van der Waals surface area contributed by atoms with Gasteiger partial charge in [0.2, 0.25) is 10.0 Å². The molecule has 0 saturated carbocycles. The van der Waals surface area contributed by atoms with Gasteiger partial charge in [-0.1, -0.05) is 0 Å². The number of piperidine rings is 1. The molecule has 0 unspecified atom stereocenters. The minimum absolute atomic E-state index is 0.00825. The molecule has 150 valence electrons. The molecule has 0 bridgehead atoms. The zero-order valence-corrected chi connectivity index (χ0v) is 19.0. The van der Waals surface area contributed by atoms with Crippen LogP contribution < -0.4 is 5.32 Å². The fourth-order valence-electron chi connectivity index (χ4n) is 2.75. The fourth-order valence-corrected chi connectivity index (χ4v) is 4.96. The predicted octanol–water partition coefficient (Wildman–Crippen LogP) is 4.73. The summed E-state index contributed by atoms with van der Waals surface area (Å²) in [5, 5.41) is 2.71. The van der Waals surface area contributed by atoms with Gasteiger partial charge in [-0.05, 0) is 81.0 Å². The second-order valence-electron chi connectivity index (χ2n) is 6.37. The molecule has 28 heavy (non-hydrogen) atoms. The Morgan fingerprint density at radius 3 is 2.29 bits per heavy atom. The first-order valence-corrected chi connectivity index (χ1v) is 11.6. The Kier molecular flexibility index (Phi) is 6.42. The molecule has 1 fully saturated rings. The van der Waals surface area contributed by atoms with Crippen molar-refractivity contribution in [2.75, 3.05) is 18.4 Å². The molecule has 1 N–H and O–H groups in total. The molecule has 1 heterocycles. The fraction of sp³-hybridized carbons (Fsp3) is 0.278. The largest absolute Gasteiger partial charge is 0.322 e. The zero-order chi connectivity index (χ0) is 20.5. The van der Waals surface area contributed by atoms with E-state index in [0.717, 1.165) is 12.3 Å². The standard InChI is InChI=1S/C18H16BrF2IN2O3S/c19-15-6-1-12(11-16(15)22)17(25)23-13-2-4-14(5-3-13)28(26,27)24-9-7-18(20,21)8-10-24/h1-6,11H,7-10H2,(H,23,25). The van der Waals surface area contributed by atoms with E-state index in [4.69, 9.17) is 0 Å². The van der Waals surface area contributed by atoms with Crippen LogP contribution in [0.15, 0.2) is 51.8 Å². The molecule has 0 spiro atoms. The Balaban J connectivity index is 1.70. The number of benzene rings is 2. The van der Waals surface area contributed by atoms with E-state index < -0.39 is 28.8 Å². The highest BCUT2D eigenvalue weighted by molar-refractivity contribution is 14.1. The lowest BCUT2D eigenvalue weighted by atomic mass is 10.1. The van der Waals surface area contributed by atoms with Crippen LogP contribution in [-0.4, -0.2) is 37.6 Å². The monoisotopic (exact) mass is 584 g/mol. The molecule has 10 heteroatoms. The molecule has 2 aromatic carbocycles. The number of halogens is 4. The van der Waals surface area contributed by atoms with Gasteiger partial charge in [-0.2, -0.15) is 4.31 Å². The lowest BCUT2D eigenvalue weighted by Gasteiger charge is -2.30. The van der Waals surface area contributed by atoms with Crippen molar-refractivity contribution in [1.29, 1.82) is 0 Å². The molecular formula is C18H16BrF2IN2O3S. The van der Waals surface area contributed by atoms with Crippen molar-refractivity contribution in [3.8, 4) is 0 Å². The highest BCUT2D eigenvalue weighted by Gasteiger charge is 2.38. The molecule has 0 aliphatic carbocycles. The third kappa shape index (κ3) is 4.89. The number of rotatable bonds is 4. The van der Waals surface area contributed by atoms with Crippen LogP contribution in [0.5, 0.6) is 0 Å². The van der Waals surface area contributed by atoms with Gasteiger partial charge in [-0.15, -0.1) is 0 Å². The maximum Gasteiger partial charge on any atom is 0.255 e. The molecule has 1 saturated heterocycles. The third-order valence-corrected chi connectivity index (χ3v) is 8.62. The van der Waals surface area contributed by atoms with Gasteiger partial charge in [-0.25, -0.2) is 17.2 Å². The van der Waals surface area contributed by atoms with Gasteiger partial charge in [0.05, 0.1) is 4.90 Å². The summed E-state index contributed by atoms with van der Waals surface area (Å²) in [5.74, 6) is -3.13. The van der Waals surface area contributed by atoms with Crippen molar-refractivity contribution in [3.05, 3.63) is 56.1 Å². The number of nitrogens with zero attached hydrogens (tertiary/aromatic N) is 1. The first kappa shape index (κ1) is 21.6.